The van der Waals surface area contributed by atoms with E-state index in [4.69, 9.17) is 38.2 Å². The molecule has 252 valence electrons. The molecule has 0 unspecified atom stereocenters. The monoisotopic (exact) mass is 774 g/mol. The van der Waals surface area contributed by atoms with Crippen LogP contribution in [0.2, 0.25) is 0 Å². The average Bonchev–Trinajstić information content (AvgIpc) is 3.13. The zero-order chi connectivity index (χ0) is 33.0. The van der Waals surface area contributed by atoms with Crippen molar-refractivity contribution in [3.63, 3.8) is 0 Å². The lowest BCUT2D eigenvalue weighted by Crippen LogP contribution is -2.41. The van der Waals surface area contributed by atoms with Crippen LogP contribution in [0.4, 0.5) is 0 Å². The lowest BCUT2D eigenvalue weighted by molar-refractivity contribution is -0.260. The van der Waals surface area contributed by atoms with Gasteiger partial charge in [-0.05, 0) is 62.7 Å². The zero-order valence-corrected chi connectivity index (χ0v) is 30.4. The van der Waals surface area contributed by atoms with Crippen molar-refractivity contribution in [3.8, 4) is 11.5 Å². The standard InChI is InChI=1S/C34H33O10P3.BrH/c1-3-37-41-47(36,42-38-4-2)34-32(45(30-22-13-7-14-23-30)31-24-15-8-16-25-31)26-17-27-33(34)46(35,43-39-28-18-9-5-10-19-28)44-40-29-20-11-6-12-21-29;/h5-27H,3-4H2,1-2H3;1H. The molecule has 0 bridgehead atoms. The Hall–Kier alpha value is -3.17. The van der Waals surface area contributed by atoms with Crippen molar-refractivity contribution in [3.05, 3.63) is 140 Å². The van der Waals surface area contributed by atoms with E-state index in [1.807, 2.05) is 60.7 Å². The number of rotatable bonds is 17. The van der Waals surface area contributed by atoms with Crippen LogP contribution in [0.15, 0.2) is 140 Å². The Morgan fingerprint density at radius 3 is 1.33 bits per heavy atom. The molecule has 0 amide bonds. The molecule has 10 nitrogen and oxygen atoms in total. The van der Waals surface area contributed by atoms with Gasteiger partial charge in [0.25, 0.3) is 0 Å². The van der Waals surface area contributed by atoms with Crippen molar-refractivity contribution in [2.45, 2.75) is 13.8 Å². The van der Waals surface area contributed by atoms with Gasteiger partial charge in [0.2, 0.25) is 0 Å². The first kappa shape index (κ1) is 37.6. The summed E-state index contributed by atoms with van der Waals surface area (Å²) in [6.45, 7) is 3.33. The molecule has 0 N–H and O–H groups in total. The van der Waals surface area contributed by atoms with Crippen LogP contribution in [0.25, 0.3) is 0 Å². The van der Waals surface area contributed by atoms with Crippen LogP contribution >= 0.6 is 40.1 Å². The second-order valence-electron chi connectivity index (χ2n) is 9.55. The van der Waals surface area contributed by atoms with Crippen LogP contribution in [0.5, 0.6) is 11.5 Å². The molecular formula is C34H34BrO10P3. The first-order valence-corrected chi connectivity index (χ1v) is 19.1. The molecular weight excluding hydrogens is 741 g/mol. The zero-order valence-electron chi connectivity index (χ0n) is 26.0. The van der Waals surface area contributed by atoms with Crippen LogP contribution in [0.3, 0.4) is 0 Å². The maximum Gasteiger partial charge on any atom is 0.435 e. The van der Waals surface area contributed by atoms with E-state index in [0.29, 0.717) is 5.30 Å². The summed E-state index contributed by atoms with van der Waals surface area (Å²) < 4.78 is 52.2. The molecule has 0 heterocycles. The molecule has 5 aromatic rings. The second-order valence-corrected chi connectivity index (χ2v) is 15.3. The predicted octanol–water partition coefficient (Wildman–Crippen LogP) is 7.62. The van der Waals surface area contributed by atoms with Crippen molar-refractivity contribution >= 4 is 66.6 Å². The number of benzene rings is 5. The summed E-state index contributed by atoms with van der Waals surface area (Å²) in [6.07, 6.45) is 0. The molecule has 0 saturated heterocycles. The molecule has 5 aromatic carbocycles. The van der Waals surface area contributed by atoms with Gasteiger partial charge in [-0.15, -0.1) is 26.3 Å². The van der Waals surface area contributed by atoms with Crippen molar-refractivity contribution in [2.24, 2.45) is 0 Å². The largest absolute Gasteiger partial charge is 0.435 e. The van der Waals surface area contributed by atoms with Gasteiger partial charge in [-0.3, -0.25) is 0 Å². The summed E-state index contributed by atoms with van der Waals surface area (Å²) in [7, 11) is -10.8. The van der Waals surface area contributed by atoms with E-state index in [1.54, 1.807) is 86.6 Å². The van der Waals surface area contributed by atoms with E-state index >= 15 is 4.57 Å². The van der Waals surface area contributed by atoms with Crippen LogP contribution in [-0.2, 0) is 37.6 Å². The third kappa shape index (κ3) is 9.50. The summed E-state index contributed by atoms with van der Waals surface area (Å²) in [5.74, 6) is 0.452. The number of halogens is 1. The van der Waals surface area contributed by atoms with Gasteiger partial charge in [-0.1, -0.05) is 119 Å². The molecule has 0 radical (unpaired) electrons. The molecule has 0 aliphatic carbocycles. The topological polar surface area (TPSA) is 108 Å². The van der Waals surface area contributed by atoms with Gasteiger partial charge in [-0.25, -0.2) is 18.9 Å². The fourth-order valence-corrected chi connectivity index (χ4v) is 10.8. The van der Waals surface area contributed by atoms with Crippen molar-refractivity contribution in [2.75, 3.05) is 13.2 Å². The Kier molecular flexibility index (Phi) is 14.6. The van der Waals surface area contributed by atoms with E-state index in [9.17, 15) is 4.57 Å². The summed E-state index contributed by atoms with van der Waals surface area (Å²) in [5, 5.41) is 1.86. The van der Waals surface area contributed by atoms with Crippen LogP contribution < -0.4 is 36.3 Å². The Bertz CT molecular complexity index is 1690. The molecule has 0 aromatic heterocycles. The third-order valence-corrected chi connectivity index (χ3v) is 12.3. The Morgan fingerprint density at radius 2 is 0.917 bits per heavy atom. The Labute approximate surface area is 291 Å². The minimum Gasteiger partial charge on any atom is -0.329 e. The molecule has 0 spiro atoms. The van der Waals surface area contributed by atoms with Crippen LogP contribution in [-0.4, -0.2) is 13.2 Å². The fraction of sp³-hybridized carbons (Fsp3) is 0.118. The molecule has 0 fully saturated rings. The Balaban J connectivity index is 0.00000520. The lowest BCUT2D eigenvalue weighted by atomic mass is 10.3. The van der Waals surface area contributed by atoms with Crippen molar-refractivity contribution < 1.29 is 47.4 Å². The summed E-state index contributed by atoms with van der Waals surface area (Å²) >= 11 is 0. The smallest absolute Gasteiger partial charge is 0.329 e. The first-order valence-electron chi connectivity index (χ1n) is 14.7. The molecule has 14 heteroatoms. The number of hydrogen-bond donors (Lipinski definition) is 0. The van der Waals surface area contributed by atoms with Crippen molar-refractivity contribution in [1.29, 1.82) is 0 Å². The summed E-state index contributed by atoms with van der Waals surface area (Å²) in [6, 6.07) is 40.9. The van der Waals surface area contributed by atoms with Gasteiger partial charge in [0, 0.05) is 5.30 Å². The summed E-state index contributed by atoms with van der Waals surface area (Å²) in [5.41, 5.74) is 0. The van der Waals surface area contributed by atoms with Crippen molar-refractivity contribution in [1.82, 2.24) is 0 Å². The van der Waals surface area contributed by atoms with Gasteiger partial charge in [0.05, 0.1) is 23.8 Å². The highest BCUT2D eigenvalue weighted by Gasteiger charge is 2.46. The highest BCUT2D eigenvalue weighted by molar-refractivity contribution is 8.93. The summed E-state index contributed by atoms with van der Waals surface area (Å²) in [4.78, 5) is 21.5. The van der Waals surface area contributed by atoms with Gasteiger partial charge in [0.15, 0.2) is 11.5 Å². The average molecular weight is 775 g/mol. The quantitative estimate of drug-likeness (QED) is 0.0532. The van der Waals surface area contributed by atoms with E-state index in [2.05, 4.69) is 0 Å². The van der Waals surface area contributed by atoms with E-state index in [1.165, 1.54) is 6.07 Å². The number of hydrogen-bond acceptors (Lipinski definition) is 10. The minimum absolute atomic E-state index is 0. The van der Waals surface area contributed by atoms with Gasteiger partial charge in [-0.2, -0.15) is 0 Å². The van der Waals surface area contributed by atoms with Gasteiger partial charge in [0.1, 0.15) is 0 Å². The third-order valence-electron chi connectivity index (χ3n) is 6.32. The molecule has 0 aliphatic heterocycles. The predicted molar refractivity (Wildman–Crippen MR) is 192 cm³/mol. The molecule has 0 atom stereocenters. The van der Waals surface area contributed by atoms with Gasteiger partial charge >= 0.3 is 15.2 Å². The highest BCUT2D eigenvalue weighted by atomic mass is 79.9. The SMILES string of the molecule is Br.CCOOP(=O)(OOCC)c1c(P(c2ccccc2)c2ccccc2)cccc1P(=O)(OOc1ccccc1)OOc1ccccc1. The van der Waals surface area contributed by atoms with E-state index in [-0.39, 0.29) is 52.3 Å². The second kappa shape index (κ2) is 18.6. The Morgan fingerprint density at radius 1 is 0.500 bits per heavy atom. The first-order chi connectivity index (χ1) is 23.0. The fourth-order valence-electron chi connectivity index (χ4n) is 4.34. The maximum atomic E-state index is 15.0. The maximum absolute atomic E-state index is 15.0. The molecule has 5 rings (SSSR count). The van der Waals surface area contributed by atoms with E-state index < -0.39 is 23.1 Å². The molecule has 0 aliphatic rings. The molecule has 0 saturated carbocycles. The number of para-hydroxylation sites is 2. The highest BCUT2D eigenvalue weighted by Crippen LogP contribution is 2.54. The van der Waals surface area contributed by atoms with Crippen LogP contribution in [0.1, 0.15) is 13.8 Å². The lowest BCUT2D eigenvalue weighted by Gasteiger charge is -2.28. The normalized spacial score (nSPS) is 11.6. The van der Waals surface area contributed by atoms with Crippen LogP contribution in [0, 0.1) is 0 Å². The van der Waals surface area contributed by atoms with E-state index in [0.717, 1.165) is 10.6 Å². The van der Waals surface area contributed by atoms with Gasteiger partial charge < -0.3 is 9.78 Å². The molecule has 48 heavy (non-hydrogen) atoms. The minimum atomic E-state index is -4.73.